The molecule has 0 saturated heterocycles. The van der Waals surface area contributed by atoms with E-state index >= 15 is 0 Å². The summed E-state index contributed by atoms with van der Waals surface area (Å²) in [5, 5.41) is 2.50. The van der Waals surface area contributed by atoms with E-state index in [1.165, 1.54) is 31.4 Å². The van der Waals surface area contributed by atoms with Gasteiger partial charge in [0.05, 0.1) is 23.9 Å². The van der Waals surface area contributed by atoms with Crippen molar-refractivity contribution in [3.63, 3.8) is 0 Å². The average molecular weight is 519 g/mol. The minimum absolute atomic E-state index is 0.0419. The molecule has 0 spiro atoms. The molecule has 2 amide bonds. The average Bonchev–Trinajstić information content (AvgIpc) is 3.12. The molecule has 8 nitrogen and oxygen atoms in total. The summed E-state index contributed by atoms with van der Waals surface area (Å²) < 4.78 is 10.2. The molecule has 3 aromatic rings. The number of rotatable bonds is 8. The Labute approximate surface area is 218 Å². The SMILES string of the molecule is CCCc1ccc(OC(=O)c2ccc(NC3=C(Cl)C(=O)N(c4ccccc4C(=O)OC)C3=O)cc2)cc1. The number of nitrogens with one attached hydrogen (secondary N) is 1. The van der Waals surface area contributed by atoms with Crippen molar-refractivity contribution >= 4 is 46.7 Å². The van der Waals surface area contributed by atoms with E-state index in [2.05, 4.69) is 12.2 Å². The lowest BCUT2D eigenvalue weighted by molar-refractivity contribution is -0.120. The number of hydrogen-bond donors (Lipinski definition) is 1. The Balaban J connectivity index is 1.47. The highest BCUT2D eigenvalue weighted by Crippen LogP contribution is 2.32. The zero-order valence-electron chi connectivity index (χ0n) is 20.1. The number of para-hydroxylation sites is 1. The number of nitrogens with zero attached hydrogens (tertiary/aromatic N) is 1. The number of esters is 2. The van der Waals surface area contributed by atoms with Crippen molar-refractivity contribution in [2.75, 3.05) is 17.3 Å². The molecule has 0 radical (unpaired) electrons. The van der Waals surface area contributed by atoms with Gasteiger partial charge in [-0.15, -0.1) is 0 Å². The van der Waals surface area contributed by atoms with E-state index in [1.807, 2.05) is 12.1 Å². The summed E-state index contributed by atoms with van der Waals surface area (Å²) in [5.74, 6) is -2.32. The van der Waals surface area contributed by atoms with Gasteiger partial charge in [0.25, 0.3) is 11.8 Å². The molecule has 0 atom stereocenters. The molecule has 0 unspecified atom stereocenters. The quantitative estimate of drug-likeness (QED) is 0.252. The van der Waals surface area contributed by atoms with Gasteiger partial charge < -0.3 is 14.8 Å². The Hall–Kier alpha value is -4.43. The highest BCUT2D eigenvalue weighted by molar-refractivity contribution is 6.53. The predicted molar refractivity (Wildman–Crippen MR) is 139 cm³/mol. The third-order valence-electron chi connectivity index (χ3n) is 5.64. The lowest BCUT2D eigenvalue weighted by atomic mass is 10.1. The number of carbonyl (C=O) groups excluding carboxylic acids is 4. The summed E-state index contributed by atoms with van der Waals surface area (Å²) in [6.45, 7) is 2.09. The highest BCUT2D eigenvalue weighted by Gasteiger charge is 2.40. The first-order chi connectivity index (χ1) is 17.8. The van der Waals surface area contributed by atoms with Crippen LogP contribution in [0.15, 0.2) is 83.5 Å². The van der Waals surface area contributed by atoms with E-state index in [0.717, 1.165) is 23.3 Å². The minimum atomic E-state index is -0.782. The zero-order chi connectivity index (χ0) is 26.5. The monoisotopic (exact) mass is 518 g/mol. The molecular weight excluding hydrogens is 496 g/mol. The Morgan fingerprint density at radius 2 is 1.57 bits per heavy atom. The van der Waals surface area contributed by atoms with Crippen LogP contribution in [0.5, 0.6) is 5.75 Å². The van der Waals surface area contributed by atoms with Crippen LogP contribution in [0.4, 0.5) is 11.4 Å². The Kier molecular flexibility index (Phi) is 7.69. The van der Waals surface area contributed by atoms with Crippen molar-refractivity contribution < 1.29 is 28.7 Å². The molecule has 4 rings (SSSR count). The van der Waals surface area contributed by atoms with Crippen molar-refractivity contribution in [3.05, 3.63) is 100 Å². The largest absolute Gasteiger partial charge is 0.465 e. The fraction of sp³-hybridized carbons (Fsp3) is 0.143. The topological polar surface area (TPSA) is 102 Å². The van der Waals surface area contributed by atoms with E-state index < -0.39 is 23.8 Å². The lowest BCUT2D eigenvalue weighted by Crippen LogP contribution is -2.33. The highest BCUT2D eigenvalue weighted by atomic mass is 35.5. The molecule has 0 aliphatic carbocycles. The van der Waals surface area contributed by atoms with Gasteiger partial charge in [0.1, 0.15) is 16.5 Å². The first-order valence-corrected chi connectivity index (χ1v) is 11.9. The van der Waals surface area contributed by atoms with Crippen molar-refractivity contribution in [2.24, 2.45) is 0 Å². The second-order valence-corrected chi connectivity index (χ2v) is 8.51. The number of amides is 2. The Morgan fingerprint density at radius 3 is 2.22 bits per heavy atom. The van der Waals surface area contributed by atoms with Crippen LogP contribution in [0.1, 0.15) is 39.6 Å². The van der Waals surface area contributed by atoms with Crippen LogP contribution in [0.2, 0.25) is 0 Å². The van der Waals surface area contributed by atoms with Crippen LogP contribution in [-0.4, -0.2) is 30.9 Å². The fourth-order valence-corrected chi connectivity index (χ4v) is 4.01. The molecule has 0 aromatic heterocycles. The third-order valence-corrected chi connectivity index (χ3v) is 5.99. The van der Waals surface area contributed by atoms with Crippen LogP contribution in [-0.2, 0) is 20.7 Å². The Morgan fingerprint density at radius 1 is 0.892 bits per heavy atom. The summed E-state index contributed by atoms with van der Waals surface area (Å²) in [5.41, 5.74) is 1.82. The number of hydrogen-bond acceptors (Lipinski definition) is 7. The van der Waals surface area contributed by atoms with Crippen LogP contribution in [0, 0.1) is 0 Å². The number of carbonyl (C=O) groups is 4. The normalized spacial score (nSPS) is 13.1. The maximum Gasteiger partial charge on any atom is 0.343 e. The van der Waals surface area contributed by atoms with E-state index in [-0.39, 0.29) is 22.0 Å². The van der Waals surface area contributed by atoms with E-state index in [0.29, 0.717) is 17.0 Å². The molecule has 1 aliphatic heterocycles. The summed E-state index contributed by atoms with van der Waals surface area (Å²) >= 11 is 6.20. The van der Waals surface area contributed by atoms with Crippen LogP contribution >= 0.6 is 11.6 Å². The second-order valence-electron chi connectivity index (χ2n) is 8.13. The number of aryl methyl sites for hydroxylation is 1. The molecule has 0 saturated carbocycles. The predicted octanol–water partition coefficient (Wildman–Crippen LogP) is 5.08. The van der Waals surface area contributed by atoms with Gasteiger partial charge >= 0.3 is 11.9 Å². The van der Waals surface area contributed by atoms with Crippen LogP contribution in [0.25, 0.3) is 0 Å². The molecule has 3 aromatic carbocycles. The number of benzene rings is 3. The van der Waals surface area contributed by atoms with Crippen LogP contribution in [0.3, 0.4) is 0 Å². The molecule has 9 heteroatoms. The molecular formula is C28H23ClN2O6. The third kappa shape index (κ3) is 5.39. The van der Waals surface area contributed by atoms with E-state index in [4.69, 9.17) is 21.1 Å². The van der Waals surface area contributed by atoms with E-state index in [9.17, 15) is 19.2 Å². The molecule has 188 valence electrons. The second kappa shape index (κ2) is 11.1. The summed E-state index contributed by atoms with van der Waals surface area (Å²) in [7, 11) is 1.20. The van der Waals surface area contributed by atoms with Crippen molar-refractivity contribution in [2.45, 2.75) is 19.8 Å². The summed E-state index contributed by atoms with van der Waals surface area (Å²) in [6.07, 6.45) is 1.98. The summed E-state index contributed by atoms with van der Waals surface area (Å²) in [6, 6.07) is 19.6. The van der Waals surface area contributed by atoms with Gasteiger partial charge in [0, 0.05) is 5.69 Å². The lowest BCUT2D eigenvalue weighted by Gasteiger charge is -2.17. The van der Waals surface area contributed by atoms with Crippen molar-refractivity contribution in [1.82, 2.24) is 0 Å². The van der Waals surface area contributed by atoms with Gasteiger partial charge in [-0.05, 0) is 60.5 Å². The zero-order valence-corrected chi connectivity index (χ0v) is 20.9. The van der Waals surface area contributed by atoms with Gasteiger partial charge in [0.2, 0.25) is 0 Å². The molecule has 1 heterocycles. The molecule has 0 bridgehead atoms. The number of halogens is 1. The minimum Gasteiger partial charge on any atom is -0.465 e. The summed E-state index contributed by atoms with van der Waals surface area (Å²) in [4.78, 5) is 51.4. The van der Waals surface area contributed by atoms with E-state index in [1.54, 1.807) is 36.4 Å². The number of ether oxygens (including phenoxy) is 2. The fourth-order valence-electron chi connectivity index (χ4n) is 3.79. The van der Waals surface area contributed by atoms with Gasteiger partial charge in [-0.2, -0.15) is 0 Å². The molecule has 0 fully saturated rings. The van der Waals surface area contributed by atoms with Crippen LogP contribution < -0.4 is 15.0 Å². The smallest absolute Gasteiger partial charge is 0.343 e. The standard InChI is InChI=1S/C28H23ClN2O6/c1-3-6-17-9-15-20(16-10-17)37-27(34)18-11-13-19(14-12-18)30-24-23(29)25(32)31(26(24)33)22-8-5-4-7-21(22)28(35)36-2/h4-5,7-16,30H,3,6H2,1-2H3. The first kappa shape index (κ1) is 25.7. The van der Waals surface area contributed by atoms with Gasteiger partial charge in [-0.1, -0.05) is 49.2 Å². The van der Waals surface area contributed by atoms with Crippen molar-refractivity contribution in [3.8, 4) is 5.75 Å². The van der Waals surface area contributed by atoms with Gasteiger partial charge in [-0.3, -0.25) is 9.59 Å². The molecule has 37 heavy (non-hydrogen) atoms. The maximum absolute atomic E-state index is 13.1. The number of anilines is 2. The number of imide groups is 1. The van der Waals surface area contributed by atoms with Gasteiger partial charge in [0.15, 0.2) is 0 Å². The number of methoxy groups -OCH3 is 1. The maximum atomic E-state index is 13.1. The molecule has 1 N–H and O–H groups in total. The van der Waals surface area contributed by atoms with Gasteiger partial charge in [-0.25, -0.2) is 14.5 Å². The Bertz CT molecular complexity index is 1400. The first-order valence-electron chi connectivity index (χ1n) is 11.5. The molecule has 1 aliphatic rings. The van der Waals surface area contributed by atoms with Crippen molar-refractivity contribution in [1.29, 1.82) is 0 Å².